The van der Waals surface area contributed by atoms with Crippen LogP contribution in [-0.4, -0.2) is 19.2 Å². The van der Waals surface area contributed by atoms with Gasteiger partial charge in [0, 0.05) is 0 Å². The zero-order valence-electron chi connectivity index (χ0n) is 11.4. The summed E-state index contributed by atoms with van der Waals surface area (Å²) in [6, 6.07) is 5.23. The molecule has 1 aliphatic carbocycles. The molecule has 1 aromatic carbocycles. The van der Waals surface area contributed by atoms with Crippen LogP contribution < -0.4 is 10.5 Å². The summed E-state index contributed by atoms with van der Waals surface area (Å²) in [5.74, 6) is 0.800. The molecule has 4 heteroatoms. The number of carbonyl (C=O) groups excluding carboxylic acids is 1. The molecule has 0 bridgehead atoms. The fourth-order valence-corrected chi connectivity index (χ4v) is 2.44. The predicted molar refractivity (Wildman–Crippen MR) is 74.3 cm³/mol. The average molecular weight is 263 g/mol. The number of para-hydroxylation sites is 1. The molecule has 0 heterocycles. The maximum atomic E-state index is 11.7. The third-order valence-electron chi connectivity index (χ3n) is 3.51. The lowest BCUT2D eigenvalue weighted by Gasteiger charge is -2.14. The minimum absolute atomic E-state index is 0.339. The first kappa shape index (κ1) is 13.7. The standard InChI is InChI=1S/C15H21NO3/c1-2-18-15(17)12-8-5-9-13(14(12)16)19-10-11-6-3-4-7-11/h5,8-9,11H,2-4,6-7,10,16H2,1H3. The lowest BCUT2D eigenvalue weighted by atomic mass is 10.1. The lowest BCUT2D eigenvalue weighted by Crippen LogP contribution is -2.12. The third-order valence-corrected chi connectivity index (χ3v) is 3.51. The van der Waals surface area contributed by atoms with Gasteiger partial charge < -0.3 is 15.2 Å². The molecule has 1 saturated carbocycles. The van der Waals surface area contributed by atoms with Crippen LogP contribution in [0.5, 0.6) is 5.75 Å². The summed E-state index contributed by atoms with van der Waals surface area (Å²) < 4.78 is 10.7. The number of benzene rings is 1. The number of esters is 1. The Hall–Kier alpha value is -1.71. The van der Waals surface area contributed by atoms with E-state index in [4.69, 9.17) is 15.2 Å². The van der Waals surface area contributed by atoms with Crippen LogP contribution in [0.25, 0.3) is 0 Å². The minimum Gasteiger partial charge on any atom is -0.491 e. The highest BCUT2D eigenvalue weighted by molar-refractivity contribution is 5.96. The van der Waals surface area contributed by atoms with Crippen molar-refractivity contribution in [1.29, 1.82) is 0 Å². The molecule has 0 amide bonds. The van der Waals surface area contributed by atoms with Crippen LogP contribution in [0.15, 0.2) is 18.2 Å². The molecular weight excluding hydrogens is 242 g/mol. The van der Waals surface area contributed by atoms with E-state index in [1.807, 2.05) is 0 Å². The molecule has 19 heavy (non-hydrogen) atoms. The van der Waals surface area contributed by atoms with E-state index in [0.29, 0.717) is 36.1 Å². The smallest absolute Gasteiger partial charge is 0.340 e. The monoisotopic (exact) mass is 263 g/mol. The molecule has 0 aliphatic heterocycles. The van der Waals surface area contributed by atoms with Crippen molar-refractivity contribution in [3.8, 4) is 5.75 Å². The second-order valence-electron chi connectivity index (χ2n) is 4.90. The van der Waals surface area contributed by atoms with Gasteiger partial charge in [-0.1, -0.05) is 18.9 Å². The van der Waals surface area contributed by atoms with E-state index in [0.717, 1.165) is 0 Å². The summed E-state index contributed by atoms with van der Waals surface area (Å²) in [5.41, 5.74) is 6.73. The van der Waals surface area contributed by atoms with Crippen LogP contribution in [-0.2, 0) is 4.74 Å². The van der Waals surface area contributed by atoms with E-state index in [1.54, 1.807) is 25.1 Å². The van der Waals surface area contributed by atoms with E-state index < -0.39 is 5.97 Å². The lowest BCUT2D eigenvalue weighted by molar-refractivity contribution is 0.0527. The summed E-state index contributed by atoms with van der Waals surface area (Å²) in [5, 5.41) is 0. The topological polar surface area (TPSA) is 61.5 Å². The van der Waals surface area contributed by atoms with E-state index >= 15 is 0 Å². The number of carbonyl (C=O) groups is 1. The SMILES string of the molecule is CCOC(=O)c1cccc(OCC2CCCC2)c1N. The second-order valence-corrected chi connectivity index (χ2v) is 4.90. The van der Waals surface area contributed by atoms with Crippen molar-refractivity contribution in [2.45, 2.75) is 32.6 Å². The van der Waals surface area contributed by atoms with Crippen LogP contribution in [0.3, 0.4) is 0 Å². The molecule has 104 valence electrons. The maximum absolute atomic E-state index is 11.7. The van der Waals surface area contributed by atoms with Crippen molar-refractivity contribution < 1.29 is 14.3 Å². The Bertz CT molecular complexity index is 439. The van der Waals surface area contributed by atoms with Gasteiger partial charge in [-0.05, 0) is 37.8 Å². The van der Waals surface area contributed by atoms with Crippen LogP contribution in [0.4, 0.5) is 5.69 Å². The van der Waals surface area contributed by atoms with Crippen LogP contribution in [0.2, 0.25) is 0 Å². The molecule has 0 atom stereocenters. The van der Waals surface area contributed by atoms with Gasteiger partial charge >= 0.3 is 5.97 Å². The highest BCUT2D eigenvalue weighted by Crippen LogP contribution is 2.29. The molecule has 1 aromatic rings. The molecule has 0 spiro atoms. The first-order valence-electron chi connectivity index (χ1n) is 6.90. The summed E-state index contributed by atoms with van der Waals surface area (Å²) >= 11 is 0. The Balaban J connectivity index is 2.03. The van der Waals surface area contributed by atoms with Crippen molar-refractivity contribution in [3.05, 3.63) is 23.8 Å². The predicted octanol–water partition coefficient (Wildman–Crippen LogP) is 3.01. The maximum Gasteiger partial charge on any atom is 0.340 e. The van der Waals surface area contributed by atoms with Gasteiger partial charge in [0.1, 0.15) is 5.75 Å². The number of ether oxygens (including phenoxy) is 2. The van der Waals surface area contributed by atoms with Gasteiger partial charge in [-0.15, -0.1) is 0 Å². The van der Waals surface area contributed by atoms with Crippen molar-refractivity contribution in [2.75, 3.05) is 18.9 Å². The van der Waals surface area contributed by atoms with Crippen LogP contribution >= 0.6 is 0 Å². The number of anilines is 1. The van der Waals surface area contributed by atoms with Gasteiger partial charge in [-0.25, -0.2) is 4.79 Å². The average Bonchev–Trinajstić information content (AvgIpc) is 2.91. The Kier molecular flexibility index (Phi) is 4.66. The highest BCUT2D eigenvalue weighted by Gasteiger charge is 2.18. The number of nitrogens with two attached hydrogens (primary N) is 1. The van der Waals surface area contributed by atoms with E-state index in [2.05, 4.69) is 0 Å². The van der Waals surface area contributed by atoms with Crippen LogP contribution in [0, 0.1) is 5.92 Å². The van der Waals surface area contributed by atoms with Gasteiger partial charge in [0.25, 0.3) is 0 Å². The molecule has 2 rings (SSSR count). The van der Waals surface area contributed by atoms with E-state index in [-0.39, 0.29) is 0 Å². The Morgan fingerprint density at radius 2 is 2.11 bits per heavy atom. The van der Waals surface area contributed by atoms with Crippen LogP contribution in [0.1, 0.15) is 43.0 Å². The minimum atomic E-state index is -0.397. The zero-order valence-corrected chi connectivity index (χ0v) is 11.4. The van der Waals surface area contributed by atoms with Gasteiger partial charge in [-0.2, -0.15) is 0 Å². The molecule has 1 aliphatic rings. The van der Waals surface area contributed by atoms with Gasteiger partial charge in [0.05, 0.1) is 24.5 Å². The van der Waals surface area contributed by atoms with Crippen molar-refractivity contribution in [2.24, 2.45) is 5.92 Å². The Morgan fingerprint density at radius 1 is 1.37 bits per heavy atom. The first-order chi connectivity index (χ1) is 9.22. The molecular formula is C15H21NO3. The van der Waals surface area contributed by atoms with Gasteiger partial charge in [0.15, 0.2) is 0 Å². The molecule has 0 radical (unpaired) electrons. The molecule has 2 N–H and O–H groups in total. The van der Waals surface area contributed by atoms with Crippen molar-refractivity contribution >= 4 is 11.7 Å². The molecule has 0 aromatic heterocycles. The fourth-order valence-electron chi connectivity index (χ4n) is 2.44. The Morgan fingerprint density at radius 3 is 2.79 bits per heavy atom. The largest absolute Gasteiger partial charge is 0.491 e. The summed E-state index contributed by atoms with van der Waals surface area (Å²) in [6.07, 6.45) is 5.01. The summed E-state index contributed by atoms with van der Waals surface area (Å²) in [6.45, 7) is 2.79. The normalized spacial score (nSPS) is 15.4. The third kappa shape index (κ3) is 3.40. The number of hydrogen-bond acceptors (Lipinski definition) is 4. The molecule has 0 unspecified atom stereocenters. The van der Waals surface area contributed by atoms with E-state index in [9.17, 15) is 4.79 Å². The van der Waals surface area contributed by atoms with Gasteiger partial charge in [0.2, 0.25) is 0 Å². The summed E-state index contributed by atoms with van der Waals surface area (Å²) in [7, 11) is 0. The molecule has 0 saturated heterocycles. The highest BCUT2D eigenvalue weighted by atomic mass is 16.5. The first-order valence-corrected chi connectivity index (χ1v) is 6.90. The zero-order chi connectivity index (χ0) is 13.7. The molecule has 1 fully saturated rings. The van der Waals surface area contributed by atoms with Crippen molar-refractivity contribution in [3.63, 3.8) is 0 Å². The van der Waals surface area contributed by atoms with Crippen molar-refractivity contribution in [1.82, 2.24) is 0 Å². The second kappa shape index (κ2) is 6.45. The summed E-state index contributed by atoms with van der Waals surface area (Å²) in [4.78, 5) is 11.7. The van der Waals surface area contributed by atoms with Gasteiger partial charge in [-0.3, -0.25) is 0 Å². The Labute approximate surface area is 113 Å². The number of hydrogen-bond donors (Lipinski definition) is 1. The molecule has 4 nitrogen and oxygen atoms in total. The number of rotatable bonds is 5. The quantitative estimate of drug-likeness (QED) is 0.655. The number of nitrogen functional groups attached to an aromatic ring is 1. The van der Waals surface area contributed by atoms with E-state index in [1.165, 1.54) is 25.7 Å². The fraction of sp³-hybridized carbons (Fsp3) is 0.533.